The summed E-state index contributed by atoms with van der Waals surface area (Å²) in [6.45, 7) is 0. The Morgan fingerprint density at radius 1 is 1.29 bits per heavy atom. The number of hydrogen-bond acceptors (Lipinski definition) is 4. The van der Waals surface area contributed by atoms with Gasteiger partial charge in [-0.1, -0.05) is 31.4 Å². The molecule has 4 rings (SSSR count). The number of nitrogens with one attached hydrogen (secondary N) is 2. The van der Waals surface area contributed by atoms with Crippen LogP contribution < -0.4 is 5.32 Å². The first-order valence-corrected chi connectivity index (χ1v) is 9.82. The molecule has 3 aromatic rings. The Morgan fingerprint density at radius 2 is 2.11 bits per heavy atom. The number of ether oxygens (including phenoxy) is 1. The van der Waals surface area contributed by atoms with Crippen molar-refractivity contribution in [3.63, 3.8) is 0 Å². The van der Waals surface area contributed by atoms with Crippen molar-refractivity contribution in [1.29, 1.82) is 0 Å². The minimum Gasteiger partial charge on any atom is -0.377 e. The first-order chi connectivity index (χ1) is 13.7. The molecule has 0 bridgehead atoms. The van der Waals surface area contributed by atoms with Gasteiger partial charge in [-0.05, 0) is 25.0 Å². The fraction of sp³-hybridized carbons (Fsp3) is 0.409. The predicted octanol–water partition coefficient (Wildman–Crippen LogP) is 4.21. The van der Waals surface area contributed by atoms with Crippen LogP contribution in [0.4, 0.5) is 5.69 Å². The molecule has 1 amide bonds. The summed E-state index contributed by atoms with van der Waals surface area (Å²) in [5.74, 6) is -0.670. The van der Waals surface area contributed by atoms with Gasteiger partial charge in [-0.15, -0.1) is 0 Å². The number of aromatic amines is 1. The largest absolute Gasteiger partial charge is 0.377 e. The monoisotopic (exact) mass is 379 g/mol. The average Bonchev–Trinajstić information content (AvgIpc) is 3.12. The number of methoxy groups -OCH3 is 1. The number of carbonyl (C=O) groups excluding carboxylic acids is 2. The summed E-state index contributed by atoms with van der Waals surface area (Å²) in [5.41, 5.74) is 1.92. The van der Waals surface area contributed by atoms with Crippen molar-refractivity contribution in [2.24, 2.45) is 5.92 Å². The van der Waals surface area contributed by atoms with Crippen LogP contribution in [-0.2, 0) is 14.3 Å². The first kappa shape index (κ1) is 18.6. The summed E-state index contributed by atoms with van der Waals surface area (Å²) in [7, 11) is 1.65. The summed E-state index contributed by atoms with van der Waals surface area (Å²) in [6, 6.07) is 7.77. The van der Waals surface area contributed by atoms with Crippen molar-refractivity contribution in [2.45, 2.75) is 44.1 Å². The number of amides is 1. The van der Waals surface area contributed by atoms with Gasteiger partial charge in [-0.3, -0.25) is 9.78 Å². The van der Waals surface area contributed by atoms with Crippen molar-refractivity contribution in [2.75, 3.05) is 12.4 Å². The first-order valence-electron chi connectivity index (χ1n) is 9.82. The molecule has 0 spiro atoms. The Hall–Kier alpha value is -2.73. The second-order valence-electron chi connectivity index (χ2n) is 7.55. The van der Waals surface area contributed by atoms with E-state index in [1.54, 1.807) is 19.5 Å². The molecular formula is C22H25N3O3. The summed E-state index contributed by atoms with van der Waals surface area (Å²) in [4.78, 5) is 32.1. The zero-order valence-corrected chi connectivity index (χ0v) is 16.0. The van der Waals surface area contributed by atoms with Crippen LogP contribution in [0.1, 0.15) is 38.5 Å². The van der Waals surface area contributed by atoms with E-state index in [4.69, 9.17) is 4.74 Å². The van der Waals surface area contributed by atoms with Crippen LogP contribution in [0.25, 0.3) is 21.8 Å². The standard InChI is InChI=1S/C22H25N3O3/c1-28-22(10-3-2-4-11-22)17(9-13-26)21(27)25-18-7-5-6-16-15-8-12-23-14-19(15)24-20(16)18/h5-8,12-14,17,24H,2-4,9-11H2,1H3,(H,25,27). The number of aromatic nitrogens is 2. The number of para-hydroxylation sites is 1. The number of carbonyl (C=O) groups is 2. The van der Waals surface area contributed by atoms with Crippen LogP contribution in [0.3, 0.4) is 0 Å². The van der Waals surface area contributed by atoms with Gasteiger partial charge in [0.05, 0.1) is 34.4 Å². The van der Waals surface area contributed by atoms with Crippen LogP contribution in [0.2, 0.25) is 0 Å². The molecule has 1 aliphatic carbocycles. The van der Waals surface area contributed by atoms with Crippen molar-refractivity contribution >= 4 is 39.7 Å². The lowest BCUT2D eigenvalue weighted by Crippen LogP contribution is -2.47. The number of benzene rings is 1. The Kier molecular flexibility index (Phi) is 5.13. The molecule has 0 aliphatic heterocycles. The molecule has 6 heteroatoms. The quantitative estimate of drug-likeness (QED) is 0.629. The maximum absolute atomic E-state index is 13.2. The Balaban J connectivity index is 1.68. The van der Waals surface area contributed by atoms with Crippen molar-refractivity contribution < 1.29 is 14.3 Å². The fourth-order valence-corrected chi connectivity index (χ4v) is 4.60. The molecule has 28 heavy (non-hydrogen) atoms. The lowest BCUT2D eigenvalue weighted by molar-refractivity contribution is -0.140. The van der Waals surface area contributed by atoms with E-state index in [0.717, 1.165) is 60.2 Å². The Bertz CT molecular complexity index is 1000. The topological polar surface area (TPSA) is 84.1 Å². The molecule has 1 atom stereocenters. The number of nitrogens with zero attached hydrogens (tertiary/aromatic N) is 1. The van der Waals surface area contributed by atoms with Gasteiger partial charge >= 0.3 is 0 Å². The SMILES string of the molecule is COC1(C(CC=O)C(=O)Nc2cccc3c2[nH]c2cnccc23)CCCCC1. The highest BCUT2D eigenvalue weighted by Gasteiger charge is 2.43. The number of fused-ring (bicyclic) bond motifs is 3. The summed E-state index contributed by atoms with van der Waals surface area (Å²) in [5, 5.41) is 5.15. The summed E-state index contributed by atoms with van der Waals surface area (Å²) >= 11 is 0. The van der Waals surface area contributed by atoms with E-state index in [-0.39, 0.29) is 12.3 Å². The normalized spacial score (nSPS) is 17.5. The van der Waals surface area contributed by atoms with Gasteiger partial charge in [-0.2, -0.15) is 0 Å². The van der Waals surface area contributed by atoms with Crippen molar-refractivity contribution in [3.05, 3.63) is 36.7 Å². The van der Waals surface area contributed by atoms with E-state index in [9.17, 15) is 9.59 Å². The van der Waals surface area contributed by atoms with E-state index < -0.39 is 11.5 Å². The van der Waals surface area contributed by atoms with Crippen molar-refractivity contribution in [3.8, 4) is 0 Å². The van der Waals surface area contributed by atoms with Crippen LogP contribution in [0.15, 0.2) is 36.7 Å². The number of pyridine rings is 1. The van der Waals surface area contributed by atoms with E-state index in [2.05, 4.69) is 15.3 Å². The lowest BCUT2D eigenvalue weighted by atomic mass is 9.73. The predicted molar refractivity (Wildman–Crippen MR) is 109 cm³/mol. The molecule has 1 unspecified atom stereocenters. The molecule has 2 aromatic heterocycles. The molecule has 1 aromatic carbocycles. The minimum atomic E-state index is -0.568. The lowest BCUT2D eigenvalue weighted by Gasteiger charge is -2.41. The molecule has 0 saturated heterocycles. The van der Waals surface area contributed by atoms with E-state index in [0.29, 0.717) is 5.69 Å². The van der Waals surface area contributed by atoms with Crippen molar-refractivity contribution in [1.82, 2.24) is 9.97 Å². The molecule has 1 saturated carbocycles. The van der Waals surface area contributed by atoms with Crippen LogP contribution >= 0.6 is 0 Å². The molecule has 6 nitrogen and oxygen atoms in total. The number of aldehydes is 1. The summed E-state index contributed by atoms with van der Waals surface area (Å²) in [6.07, 6.45) is 9.30. The number of anilines is 1. The van der Waals surface area contributed by atoms with E-state index in [1.165, 1.54) is 0 Å². The third kappa shape index (κ3) is 3.18. The highest BCUT2D eigenvalue weighted by atomic mass is 16.5. The van der Waals surface area contributed by atoms with Gasteiger partial charge in [0.15, 0.2) is 0 Å². The van der Waals surface area contributed by atoms with E-state index >= 15 is 0 Å². The summed E-state index contributed by atoms with van der Waals surface area (Å²) < 4.78 is 5.85. The minimum absolute atomic E-state index is 0.159. The third-order valence-electron chi connectivity index (χ3n) is 6.08. The van der Waals surface area contributed by atoms with Gasteiger partial charge in [-0.25, -0.2) is 0 Å². The zero-order chi connectivity index (χ0) is 19.6. The second-order valence-corrected chi connectivity index (χ2v) is 7.55. The van der Waals surface area contributed by atoms with Gasteiger partial charge < -0.3 is 19.8 Å². The fourth-order valence-electron chi connectivity index (χ4n) is 4.60. The van der Waals surface area contributed by atoms with E-state index in [1.807, 2.05) is 24.3 Å². The molecular weight excluding hydrogens is 354 g/mol. The zero-order valence-electron chi connectivity index (χ0n) is 16.0. The third-order valence-corrected chi connectivity index (χ3v) is 6.08. The van der Waals surface area contributed by atoms with Gasteiger partial charge in [0, 0.05) is 30.5 Å². The molecule has 2 heterocycles. The smallest absolute Gasteiger partial charge is 0.230 e. The number of rotatable bonds is 6. The maximum Gasteiger partial charge on any atom is 0.230 e. The molecule has 1 fully saturated rings. The average molecular weight is 379 g/mol. The molecule has 0 radical (unpaired) electrons. The maximum atomic E-state index is 13.2. The highest BCUT2D eigenvalue weighted by molar-refractivity contribution is 6.13. The van der Waals surface area contributed by atoms with Gasteiger partial charge in [0.1, 0.15) is 6.29 Å². The number of hydrogen-bond donors (Lipinski definition) is 2. The van der Waals surface area contributed by atoms with Gasteiger partial charge in [0.25, 0.3) is 0 Å². The van der Waals surface area contributed by atoms with Gasteiger partial charge in [0.2, 0.25) is 5.91 Å². The van der Waals surface area contributed by atoms with Crippen LogP contribution in [0, 0.1) is 5.92 Å². The second kappa shape index (κ2) is 7.72. The Morgan fingerprint density at radius 3 is 2.86 bits per heavy atom. The van der Waals surface area contributed by atoms with Crippen LogP contribution in [-0.4, -0.2) is 34.9 Å². The molecule has 2 N–H and O–H groups in total. The molecule has 146 valence electrons. The van der Waals surface area contributed by atoms with Crippen LogP contribution in [0.5, 0.6) is 0 Å². The number of H-pyrrole nitrogens is 1. The Labute approximate surface area is 163 Å². The molecule has 1 aliphatic rings. The highest BCUT2D eigenvalue weighted by Crippen LogP contribution is 2.39.